The van der Waals surface area contributed by atoms with Crippen LogP contribution in [0.1, 0.15) is 5.56 Å². The van der Waals surface area contributed by atoms with Crippen molar-refractivity contribution < 1.29 is 133 Å². The molecular weight excluding hydrogens is 557 g/mol. The van der Waals surface area contributed by atoms with Gasteiger partial charge in [-0.3, -0.25) is 0 Å². The number of phenolic OH excluding ortho intramolecular Hbond substituents is 1. The Morgan fingerprint density at radius 1 is 0.714 bits per heavy atom. The molecule has 18 heteroatoms. The number of fused-ring (bicyclic) bond motifs is 1. The first-order valence-electron chi connectivity index (χ1n) is 8.29. The Labute approximate surface area is 267 Å². The van der Waals surface area contributed by atoms with Crippen LogP contribution in [0.2, 0.25) is 0 Å². The summed E-state index contributed by atoms with van der Waals surface area (Å²) in [6, 6.07) is 6.86. The van der Waals surface area contributed by atoms with Gasteiger partial charge in [0.2, 0.25) is 0 Å². The van der Waals surface area contributed by atoms with E-state index in [1.807, 2.05) is 0 Å². The fraction of sp³-hybridized carbons (Fsp3) is 0.0588. The summed E-state index contributed by atoms with van der Waals surface area (Å²) in [7, 11) is -15.2. The second kappa shape index (κ2) is 12.7. The Morgan fingerprint density at radius 3 is 1.80 bits per heavy atom. The summed E-state index contributed by atoms with van der Waals surface area (Å²) in [5, 5.41) is 17.1. The molecule has 3 aromatic rings. The predicted molar refractivity (Wildman–Crippen MR) is 105 cm³/mol. The van der Waals surface area contributed by atoms with Crippen LogP contribution in [0, 0.1) is 6.92 Å². The van der Waals surface area contributed by atoms with Crippen LogP contribution in [0.4, 0.5) is 11.4 Å². The van der Waals surface area contributed by atoms with E-state index in [0.29, 0.717) is 11.6 Å². The third-order valence-electron chi connectivity index (χ3n) is 4.22. The molecule has 0 amide bonds. The van der Waals surface area contributed by atoms with E-state index in [1.165, 1.54) is 13.0 Å². The zero-order chi connectivity index (χ0) is 24.1. The van der Waals surface area contributed by atoms with Crippen LogP contribution in [0.15, 0.2) is 67.4 Å². The zero-order valence-electron chi connectivity index (χ0n) is 18.8. The molecular formula is C17H11N2Na3O10S3. The maximum atomic E-state index is 11.5. The number of hydrogen-bond acceptors (Lipinski definition) is 12. The molecule has 0 unspecified atom stereocenters. The molecule has 0 aromatic heterocycles. The van der Waals surface area contributed by atoms with Crippen LogP contribution in [0.3, 0.4) is 0 Å². The van der Waals surface area contributed by atoms with Crippen LogP contribution in [0.5, 0.6) is 5.75 Å². The molecule has 0 aliphatic rings. The molecule has 12 nitrogen and oxygen atoms in total. The fourth-order valence-corrected chi connectivity index (χ4v) is 4.59. The monoisotopic (exact) mass is 568 g/mol. The van der Waals surface area contributed by atoms with Crippen LogP contribution < -0.4 is 88.7 Å². The van der Waals surface area contributed by atoms with Crippen molar-refractivity contribution in [2.24, 2.45) is 10.2 Å². The number of aromatic hydroxyl groups is 1. The SMILES string of the molecule is Cc1ccc(N=Nc2c(O)c(S(=O)(=O)[O-])cc3cc(S(=O)(=O)[O-])ccc23)c(S(=O)(=O)[O-])c1.[Na+].[Na+].[Na+]. The summed E-state index contributed by atoms with van der Waals surface area (Å²) in [6.45, 7) is 1.51. The number of benzene rings is 3. The van der Waals surface area contributed by atoms with Gasteiger partial charge in [0.25, 0.3) is 0 Å². The average molecular weight is 568 g/mol. The minimum Gasteiger partial charge on any atom is -0.744 e. The van der Waals surface area contributed by atoms with Crippen LogP contribution in [-0.4, -0.2) is 44.0 Å². The Balaban J connectivity index is 0.00000385. The summed E-state index contributed by atoms with van der Waals surface area (Å²) in [5.74, 6) is -1.15. The summed E-state index contributed by atoms with van der Waals surface area (Å²) >= 11 is 0. The molecule has 0 saturated carbocycles. The molecule has 0 aliphatic carbocycles. The van der Waals surface area contributed by atoms with Gasteiger partial charge in [-0.2, -0.15) is 0 Å². The van der Waals surface area contributed by atoms with E-state index in [2.05, 4.69) is 10.2 Å². The van der Waals surface area contributed by atoms with E-state index >= 15 is 0 Å². The van der Waals surface area contributed by atoms with E-state index in [9.17, 15) is 44.0 Å². The first kappa shape index (κ1) is 35.1. The summed E-state index contributed by atoms with van der Waals surface area (Å²) in [6.07, 6.45) is 0. The maximum absolute atomic E-state index is 11.5. The van der Waals surface area contributed by atoms with Gasteiger partial charge in [-0.25, -0.2) is 25.3 Å². The molecule has 3 aromatic carbocycles. The van der Waals surface area contributed by atoms with Crippen molar-refractivity contribution in [1.29, 1.82) is 0 Å². The van der Waals surface area contributed by atoms with Crippen molar-refractivity contribution >= 4 is 52.5 Å². The third kappa shape index (κ3) is 8.27. The van der Waals surface area contributed by atoms with Crippen molar-refractivity contribution in [3.05, 3.63) is 48.0 Å². The molecule has 0 radical (unpaired) electrons. The minimum absolute atomic E-state index is 0. The zero-order valence-corrected chi connectivity index (χ0v) is 27.2. The van der Waals surface area contributed by atoms with E-state index < -0.39 is 62.2 Å². The third-order valence-corrected chi connectivity index (χ3v) is 6.77. The number of azo groups is 1. The van der Waals surface area contributed by atoms with Gasteiger partial charge in [0.05, 0.1) is 14.7 Å². The van der Waals surface area contributed by atoms with E-state index in [1.54, 1.807) is 0 Å². The van der Waals surface area contributed by atoms with Crippen LogP contribution in [-0.2, 0) is 30.4 Å². The Hall–Kier alpha value is 0.0500. The molecule has 0 heterocycles. The van der Waals surface area contributed by atoms with Gasteiger partial charge in [-0.1, -0.05) is 12.1 Å². The van der Waals surface area contributed by atoms with Gasteiger partial charge < -0.3 is 18.8 Å². The molecule has 0 aliphatic heterocycles. The molecule has 170 valence electrons. The summed E-state index contributed by atoms with van der Waals surface area (Å²) in [5.41, 5.74) is -0.661. The minimum atomic E-state index is -5.29. The number of hydrogen-bond donors (Lipinski definition) is 1. The molecule has 0 bridgehead atoms. The summed E-state index contributed by atoms with van der Waals surface area (Å²) in [4.78, 5) is -2.66. The first-order chi connectivity index (χ1) is 14.6. The van der Waals surface area contributed by atoms with Gasteiger partial charge in [-0.05, 0) is 48.2 Å². The van der Waals surface area contributed by atoms with Gasteiger partial charge in [0, 0.05) is 5.39 Å². The number of nitrogens with zero attached hydrogens (tertiary/aromatic N) is 2. The van der Waals surface area contributed by atoms with Gasteiger partial charge in [0.15, 0.2) is 5.75 Å². The Morgan fingerprint density at radius 2 is 1.29 bits per heavy atom. The van der Waals surface area contributed by atoms with Crippen LogP contribution in [0.25, 0.3) is 10.8 Å². The number of rotatable bonds is 5. The fourth-order valence-electron chi connectivity index (χ4n) is 2.79. The van der Waals surface area contributed by atoms with Gasteiger partial charge in [-0.15, -0.1) is 10.2 Å². The number of phenols is 1. The average Bonchev–Trinajstić information content (AvgIpc) is 2.65. The van der Waals surface area contributed by atoms with Crippen molar-refractivity contribution in [3.63, 3.8) is 0 Å². The first-order valence-corrected chi connectivity index (χ1v) is 12.5. The van der Waals surface area contributed by atoms with E-state index in [0.717, 1.165) is 30.3 Å². The normalized spacial score (nSPS) is 12.0. The van der Waals surface area contributed by atoms with Crippen molar-refractivity contribution in [1.82, 2.24) is 0 Å². The summed E-state index contributed by atoms with van der Waals surface area (Å²) < 4.78 is 103. The van der Waals surface area contributed by atoms with Gasteiger partial charge in [0.1, 0.15) is 41.7 Å². The molecule has 3 rings (SSSR count). The molecule has 35 heavy (non-hydrogen) atoms. The predicted octanol–water partition coefficient (Wildman–Crippen LogP) is -7.01. The Bertz CT molecular complexity index is 1620. The smallest absolute Gasteiger partial charge is 0.744 e. The Kier molecular flexibility index (Phi) is 12.7. The van der Waals surface area contributed by atoms with E-state index in [4.69, 9.17) is 0 Å². The maximum Gasteiger partial charge on any atom is 1.00 e. The topological polar surface area (TPSA) is 217 Å². The van der Waals surface area contributed by atoms with E-state index in [-0.39, 0.29) is 99.4 Å². The molecule has 1 N–H and O–H groups in total. The van der Waals surface area contributed by atoms with Crippen LogP contribution >= 0.6 is 0 Å². The largest absolute Gasteiger partial charge is 1.00 e. The standard InChI is InChI=1S/C17H14N2O10S3.3Na/c1-9-2-5-13(14(6-9)31(24,25)26)18-19-16-12-4-3-11(30(21,22)23)7-10(12)8-15(17(16)20)32(27,28)29;;;/h2-8,20H,1H3,(H,21,22,23)(H,24,25,26)(H,27,28,29);;;/q;3*+1/p-3. The van der Waals surface area contributed by atoms with Crippen molar-refractivity contribution in [3.8, 4) is 5.75 Å². The van der Waals surface area contributed by atoms with Crippen molar-refractivity contribution in [2.75, 3.05) is 0 Å². The molecule has 0 fully saturated rings. The number of aryl methyl sites for hydroxylation is 1. The van der Waals surface area contributed by atoms with Gasteiger partial charge >= 0.3 is 88.7 Å². The molecule has 0 spiro atoms. The van der Waals surface area contributed by atoms with Crippen molar-refractivity contribution in [2.45, 2.75) is 21.6 Å². The second-order valence-electron chi connectivity index (χ2n) is 6.49. The molecule has 0 saturated heterocycles. The quantitative estimate of drug-likeness (QED) is 0.174. The molecule has 0 atom stereocenters. The second-order valence-corrected chi connectivity index (χ2v) is 10.6.